The van der Waals surface area contributed by atoms with Gasteiger partial charge >= 0.3 is 0 Å². The van der Waals surface area contributed by atoms with E-state index in [0.717, 1.165) is 6.54 Å². The fraction of sp³-hybridized carbons (Fsp3) is 0.800. The van der Waals surface area contributed by atoms with Gasteiger partial charge in [-0.05, 0) is 25.3 Å². The Kier molecular flexibility index (Phi) is 9.89. The molecule has 0 unspecified atom stereocenters. The largest absolute Gasteiger partial charge is 0.269 e. The minimum Gasteiger partial charge on any atom is -0.269 e. The maximum atomic E-state index is 4.41. The third-order valence-electron chi connectivity index (χ3n) is 2.88. The van der Waals surface area contributed by atoms with Crippen molar-refractivity contribution in [3.8, 4) is 0 Å². The highest BCUT2D eigenvalue weighted by atomic mass is 15.3. The number of aryl methyl sites for hydroxylation is 1. The summed E-state index contributed by atoms with van der Waals surface area (Å²) >= 11 is 0. The molecule has 0 aromatic carbocycles. The van der Waals surface area contributed by atoms with Gasteiger partial charge in [0, 0.05) is 24.4 Å². The Morgan fingerprint density at radius 3 is 2.12 bits per heavy atom. The van der Waals surface area contributed by atoms with Crippen LogP contribution in [0.2, 0.25) is 0 Å². The molecule has 1 heterocycles. The van der Waals surface area contributed by atoms with Crippen LogP contribution in [0.5, 0.6) is 0 Å². The monoisotopic (exact) mass is 238 g/mol. The third-order valence-corrected chi connectivity index (χ3v) is 2.88. The van der Waals surface area contributed by atoms with Gasteiger partial charge in [0.15, 0.2) is 0 Å². The molecule has 0 saturated heterocycles. The van der Waals surface area contributed by atoms with E-state index in [9.17, 15) is 0 Å². The molecule has 100 valence electrons. The second kappa shape index (κ2) is 10.4. The molecule has 0 aliphatic heterocycles. The lowest BCUT2D eigenvalue weighted by Crippen LogP contribution is -2.09. The molecule has 0 aliphatic carbocycles. The van der Waals surface area contributed by atoms with Gasteiger partial charge in [0.05, 0.1) is 0 Å². The average molecular weight is 238 g/mol. The van der Waals surface area contributed by atoms with Crippen LogP contribution < -0.4 is 0 Å². The van der Waals surface area contributed by atoms with E-state index in [2.05, 4.69) is 36.6 Å². The summed E-state index contributed by atoms with van der Waals surface area (Å²) in [6.45, 7) is 11.8. The molecule has 2 heteroatoms. The van der Waals surface area contributed by atoms with E-state index in [0.29, 0.717) is 5.92 Å². The first-order valence-electron chi connectivity index (χ1n) is 7.35. The second-order valence-electron chi connectivity index (χ2n) is 4.25. The van der Waals surface area contributed by atoms with Crippen LogP contribution >= 0.6 is 0 Å². The zero-order chi connectivity index (χ0) is 13.1. The van der Waals surface area contributed by atoms with Gasteiger partial charge in [-0.15, -0.1) is 0 Å². The van der Waals surface area contributed by atoms with Crippen LogP contribution in [-0.2, 0) is 6.54 Å². The SMILES string of the molecule is CC.CCCC(CCC)c1ccnn1CCC. The highest BCUT2D eigenvalue weighted by molar-refractivity contribution is 5.07. The minimum atomic E-state index is 0.717. The van der Waals surface area contributed by atoms with Gasteiger partial charge < -0.3 is 0 Å². The summed E-state index contributed by atoms with van der Waals surface area (Å²) in [6, 6.07) is 2.20. The molecule has 0 bridgehead atoms. The van der Waals surface area contributed by atoms with Crippen molar-refractivity contribution in [1.82, 2.24) is 9.78 Å². The molecule has 1 aromatic heterocycles. The quantitative estimate of drug-likeness (QED) is 0.653. The van der Waals surface area contributed by atoms with Gasteiger partial charge in [0.2, 0.25) is 0 Å². The number of hydrogen-bond acceptors (Lipinski definition) is 1. The summed E-state index contributed by atoms with van der Waals surface area (Å²) in [4.78, 5) is 0. The molecule has 0 N–H and O–H groups in total. The van der Waals surface area contributed by atoms with E-state index in [1.165, 1.54) is 37.8 Å². The Hall–Kier alpha value is -0.790. The third kappa shape index (κ3) is 5.38. The first-order valence-corrected chi connectivity index (χ1v) is 7.35. The van der Waals surface area contributed by atoms with E-state index < -0.39 is 0 Å². The number of rotatable bonds is 7. The lowest BCUT2D eigenvalue weighted by atomic mass is 9.95. The highest BCUT2D eigenvalue weighted by Gasteiger charge is 2.13. The van der Waals surface area contributed by atoms with Crippen molar-refractivity contribution in [1.29, 1.82) is 0 Å². The van der Waals surface area contributed by atoms with Crippen LogP contribution in [0, 0.1) is 0 Å². The van der Waals surface area contributed by atoms with Crippen LogP contribution in [0.3, 0.4) is 0 Å². The van der Waals surface area contributed by atoms with Gasteiger partial charge in [-0.2, -0.15) is 5.10 Å². The molecule has 17 heavy (non-hydrogen) atoms. The number of hydrogen-bond donors (Lipinski definition) is 0. The van der Waals surface area contributed by atoms with E-state index in [1.807, 2.05) is 20.0 Å². The van der Waals surface area contributed by atoms with E-state index in [1.54, 1.807) is 0 Å². The number of nitrogens with zero attached hydrogens (tertiary/aromatic N) is 2. The van der Waals surface area contributed by atoms with Crippen LogP contribution in [0.4, 0.5) is 0 Å². The van der Waals surface area contributed by atoms with Gasteiger partial charge in [0.1, 0.15) is 0 Å². The first-order chi connectivity index (χ1) is 8.33. The van der Waals surface area contributed by atoms with Gasteiger partial charge in [0.25, 0.3) is 0 Å². The maximum absolute atomic E-state index is 4.41. The van der Waals surface area contributed by atoms with Crippen LogP contribution in [0.25, 0.3) is 0 Å². The summed E-state index contributed by atoms with van der Waals surface area (Å²) in [5, 5.41) is 4.41. The molecule has 1 rings (SSSR count). The Balaban J connectivity index is 0.00000121. The predicted molar refractivity (Wildman–Crippen MR) is 76.4 cm³/mol. The van der Waals surface area contributed by atoms with E-state index >= 15 is 0 Å². The first kappa shape index (κ1) is 16.2. The molecule has 0 atom stereocenters. The number of aromatic nitrogens is 2. The smallest absolute Gasteiger partial charge is 0.0492 e. The van der Waals surface area contributed by atoms with Crippen molar-refractivity contribution in [3.05, 3.63) is 18.0 Å². The highest BCUT2D eigenvalue weighted by Crippen LogP contribution is 2.26. The Morgan fingerprint density at radius 2 is 1.65 bits per heavy atom. The van der Waals surface area contributed by atoms with Crippen LogP contribution in [0.1, 0.15) is 78.3 Å². The summed E-state index contributed by atoms with van der Waals surface area (Å²) in [5.41, 5.74) is 1.44. The summed E-state index contributed by atoms with van der Waals surface area (Å²) in [6.07, 6.45) is 8.24. The van der Waals surface area contributed by atoms with Crippen LogP contribution in [-0.4, -0.2) is 9.78 Å². The lowest BCUT2D eigenvalue weighted by molar-refractivity contribution is 0.487. The molecular weight excluding hydrogens is 208 g/mol. The zero-order valence-corrected chi connectivity index (χ0v) is 12.4. The van der Waals surface area contributed by atoms with Crippen LogP contribution in [0.15, 0.2) is 12.3 Å². The van der Waals surface area contributed by atoms with E-state index in [4.69, 9.17) is 0 Å². The summed E-state index contributed by atoms with van der Waals surface area (Å²) in [7, 11) is 0. The average Bonchev–Trinajstić information content (AvgIpc) is 2.80. The molecule has 0 aliphatic rings. The minimum absolute atomic E-state index is 0.717. The van der Waals surface area contributed by atoms with E-state index in [-0.39, 0.29) is 0 Å². The molecule has 0 radical (unpaired) electrons. The maximum Gasteiger partial charge on any atom is 0.0492 e. The van der Waals surface area contributed by atoms with Crippen molar-refractivity contribution in [2.24, 2.45) is 0 Å². The molecular formula is C15H30N2. The lowest BCUT2D eigenvalue weighted by Gasteiger charge is -2.17. The zero-order valence-electron chi connectivity index (χ0n) is 12.4. The van der Waals surface area contributed by atoms with Gasteiger partial charge in [-0.1, -0.05) is 47.5 Å². The fourth-order valence-electron chi connectivity index (χ4n) is 2.23. The molecule has 2 nitrogen and oxygen atoms in total. The predicted octanol–water partition coefficient (Wildman–Crippen LogP) is 5.00. The standard InChI is InChI=1S/C13H24N2.C2H6/c1-4-7-12(8-5-2)13-9-10-14-15(13)11-6-3;1-2/h9-10,12H,4-8,11H2,1-3H3;1-2H3. The molecule has 0 spiro atoms. The Labute approximate surface area is 107 Å². The molecule has 1 aromatic rings. The summed E-state index contributed by atoms with van der Waals surface area (Å²) < 4.78 is 2.19. The van der Waals surface area contributed by atoms with Crippen molar-refractivity contribution in [2.75, 3.05) is 0 Å². The van der Waals surface area contributed by atoms with Gasteiger partial charge in [-0.25, -0.2) is 0 Å². The Bertz CT molecular complexity index is 260. The summed E-state index contributed by atoms with van der Waals surface area (Å²) in [5.74, 6) is 0.717. The Morgan fingerprint density at radius 1 is 1.06 bits per heavy atom. The molecule has 0 amide bonds. The van der Waals surface area contributed by atoms with Crippen molar-refractivity contribution in [2.45, 2.75) is 79.2 Å². The molecule has 0 saturated carbocycles. The van der Waals surface area contributed by atoms with Crippen molar-refractivity contribution in [3.63, 3.8) is 0 Å². The molecule has 0 fully saturated rings. The fourth-order valence-corrected chi connectivity index (χ4v) is 2.23. The second-order valence-corrected chi connectivity index (χ2v) is 4.25. The topological polar surface area (TPSA) is 17.8 Å². The van der Waals surface area contributed by atoms with Gasteiger partial charge in [-0.3, -0.25) is 4.68 Å². The van der Waals surface area contributed by atoms with Crippen molar-refractivity contribution >= 4 is 0 Å². The normalized spacial score (nSPS) is 10.2. The van der Waals surface area contributed by atoms with Crippen molar-refractivity contribution < 1.29 is 0 Å².